The Balaban J connectivity index is 2.03. The molecule has 3 atom stereocenters. The normalized spacial score (nSPS) is 26.6. The summed E-state index contributed by atoms with van der Waals surface area (Å²) in [7, 11) is 0. The van der Waals surface area contributed by atoms with Crippen LogP contribution in [-0.2, 0) is 16.0 Å². The first-order valence-corrected chi connectivity index (χ1v) is 6.90. The first-order valence-electron chi connectivity index (χ1n) is 6.90. The number of hydrogen-bond acceptors (Lipinski definition) is 4. The summed E-state index contributed by atoms with van der Waals surface area (Å²) >= 11 is 0. The third-order valence-corrected chi connectivity index (χ3v) is 3.53. The lowest BCUT2D eigenvalue weighted by Crippen LogP contribution is -2.43. The van der Waals surface area contributed by atoms with Gasteiger partial charge in [-0.15, -0.1) is 6.58 Å². The molecule has 1 aliphatic rings. The first-order chi connectivity index (χ1) is 9.43. The van der Waals surface area contributed by atoms with E-state index in [1.165, 1.54) is 5.06 Å². The molecule has 1 aromatic rings. The van der Waals surface area contributed by atoms with Crippen molar-refractivity contribution in [3.8, 4) is 0 Å². The minimum absolute atomic E-state index is 0.194. The molecule has 0 bridgehead atoms. The van der Waals surface area contributed by atoms with Crippen molar-refractivity contribution in [2.75, 3.05) is 0 Å². The van der Waals surface area contributed by atoms with Crippen LogP contribution in [0.25, 0.3) is 0 Å². The smallest absolute Gasteiger partial charge is 0.164 e. The van der Waals surface area contributed by atoms with Crippen LogP contribution in [0.5, 0.6) is 0 Å². The molecule has 2 rings (SSSR count). The number of benzene rings is 1. The second kappa shape index (κ2) is 6.06. The maximum atomic E-state index is 10.3. The van der Waals surface area contributed by atoms with E-state index in [9.17, 15) is 5.21 Å². The molecule has 0 unspecified atom stereocenters. The van der Waals surface area contributed by atoms with E-state index in [0.29, 0.717) is 6.54 Å². The molecule has 20 heavy (non-hydrogen) atoms. The van der Waals surface area contributed by atoms with Crippen LogP contribution in [0.4, 0.5) is 0 Å². The molecule has 1 heterocycles. The summed E-state index contributed by atoms with van der Waals surface area (Å²) in [5.74, 6) is -0.647. The number of ether oxygens (including phenoxy) is 2. The highest BCUT2D eigenvalue weighted by Gasteiger charge is 2.43. The lowest BCUT2D eigenvalue weighted by Gasteiger charge is -2.29. The van der Waals surface area contributed by atoms with Gasteiger partial charge in [-0.25, -0.2) is 0 Å². The van der Waals surface area contributed by atoms with Crippen LogP contribution in [0, 0.1) is 0 Å². The molecular formula is C16H23NO3. The Labute approximate surface area is 120 Å². The molecule has 1 fully saturated rings. The molecule has 1 N–H and O–H groups in total. The highest BCUT2D eigenvalue weighted by Crippen LogP contribution is 2.31. The van der Waals surface area contributed by atoms with Crippen LogP contribution < -0.4 is 0 Å². The molecule has 0 spiro atoms. The van der Waals surface area contributed by atoms with Crippen LogP contribution >= 0.6 is 0 Å². The van der Waals surface area contributed by atoms with E-state index < -0.39 is 5.79 Å². The maximum Gasteiger partial charge on any atom is 0.164 e. The van der Waals surface area contributed by atoms with E-state index >= 15 is 0 Å². The molecule has 110 valence electrons. The first kappa shape index (κ1) is 15.2. The van der Waals surface area contributed by atoms with Gasteiger partial charge in [0.05, 0.1) is 6.04 Å². The Bertz CT molecular complexity index is 446. The highest BCUT2D eigenvalue weighted by atomic mass is 16.8. The molecular weight excluding hydrogens is 254 g/mol. The van der Waals surface area contributed by atoms with Gasteiger partial charge in [-0.1, -0.05) is 36.4 Å². The van der Waals surface area contributed by atoms with E-state index in [1.54, 1.807) is 6.08 Å². The van der Waals surface area contributed by atoms with Crippen molar-refractivity contribution >= 4 is 0 Å². The summed E-state index contributed by atoms with van der Waals surface area (Å²) in [4.78, 5) is 0. The number of rotatable bonds is 5. The Morgan fingerprint density at radius 3 is 2.60 bits per heavy atom. The topological polar surface area (TPSA) is 41.9 Å². The zero-order valence-electron chi connectivity index (χ0n) is 12.3. The van der Waals surface area contributed by atoms with E-state index in [1.807, 2.05) is 51.1 Å². The fourth-order valence-corrected chi connectivity index (χ4v) is 2.46. The zero-order valence-corrected chi connectivity index (χ0v) is 12.3. The predicted octanol–water partition coefficient (Wildman–Crippen LogP) is 2.97. The molecule has 0 amide bonds. The second-order valence-corrected chi connectivity index (χ2v) is 5.62. The lowest BCUT2D eigenvalue weighted by atomic mass is 10.1. The summed E-state index contributed by atoms with van der Waals surface area (Å²) in [5.41, 5.74) is 1.05. The Kier molecular flexibility index (Phi) is 4.60. The SMILES string of the molecule is C=C[C@H]1OC(C)(C)O[C@H]1[C@@H](C)N(O)Cc1ccccc1. The maximum absolute atomic E-state index is 10.3. The van der Waals surface area contributed by atoms with Crippen molar-refractivity contribution in [2.45, 2.75) is 51.4 Å². The fraction of sp³-hybridized carbons (Fsp3) is 0.500. The van der Waals surface area contributed by atoms with Crippen LogP contribution in [0.2, 0.25) is 0 Å². The molecule has 1 saturated heterocycles. The van der Waals surface area contributed by atoms with Gasteiger partial charge < -0.3 is 14.7 Å². The number of hydroxylamine groups is 2. The third kappa shape index (κ3) is 3.46. The third-order valence-electron chi connectivity index (χ3n) is 3.53. The van der Waals surface area contributed by atoms with Gasteiger partial charge >= 0.3 is 0 Å². The van der Waals surface area contributed by atoms with Gasteiger partial charge in [0.2, 0.25) is 0 Å². The van der Waals surface area contributed by atoms with E-state index in [-0.39, 0.29) is 18.2 Å². The molecule has 4 heteroatoms. The van der Waals surface area contributed by atoms with Crippen molar-refractivity contribution < 1.29 is 14.7 Å². The van der Waals surface area contributed by atoms with Gasteiger partial charge in [-0.3, -0.25) is 0 Å². The van der Waals surface area contributed by atoms with Crippen molar-refractivity contribution in [1.82, 2.24) is 5.06 Å². The van der Waals surface area contributed by atoms with E-state index in [4.69, 9.17) is 9.47 Å². The van der Waals surface area contributed by atoms with Gasteiger partial charge in [0.25, 0.3) is 0 Å². The monoisotopic (exact) mass is 277 g/mol. The highest BCUT2D eigenvalue weighted by molar-refractivity contribution is 5.14. The second-order valence-electron chi connectivity index (χ2n) is 5.62. The summed E-state index contributed by atoms with van der Waals surface area (Å²) in [5, 5.41) is 11.6. The fourth-order valence-electron chi connectivity index (χ4n) is 2.46. The zero-order chi connectivity index (χ0) is 14.8. The standard InChI is InChI=1S/C16H23NO3/c1-5-14-15(20-16(3,4)19-14)12(2)17(18)11-13-9-7-6-8-10-13/h5-10,12,14-15,18H,1,11H2,2-4H3/t12-,14-,15+/m1/s1. The lowest BCUT2D eigenvalue weighted by molar-refractivity contribution is -0.184. The minimum atomic E-state index is -0.647. The molecule has 0 aliphatic carbocycles. The summed E-state index contributed by atoms with van der Waals surface area (Å²) in [6, 6.07) is 9.64. The molecule has 1 aliphatic heterocycles. The quantitative estimate of drug-likeness (QED) is 0.663. The molecule has 0 aromatic heterocycles. The Morgan fingerprint density at radius 1 is 1.35 bits per heavy atom. The van der Waals surface area contributed by atoms with Gasteiger partial charge in [0.15, 0.2) is 5.79 Å². The molecule has 0 saturated carbocycles. The Morgan fingerprint density at radius 2 is 2.00 bits per heavy atom. The van der Waals surface area contributed by atoms with Crippen LogP contribution in [0.15, 0.2) is 43.0 Å². The minimum Gasteiger partial charge on any atom is -0.342 e. The Hall–Kier alpha value is -1.20. The van der Waals surface area contributed by atoms with Gasteiger partial charge in [0.1, 0.15) is 12.2 Å². The van der Waals surface area contributed by atoms with Crippen molar-refractivity contribution in [3.63, 3.8) is 0 Å². The average Bonchev–Trinajstić information content (AvgIpc) is 2.74. The van der Waals surface area contributed by atoms with E-state index in [0.717, 1.165) is 5.56 Å². The van der Waals surface area contributed by atoms with Crippen molar-refractivity contribution in [1.29, 1.82) is 0 Å². The largest absolute Gasteiger partial charge is 0.342 e. The van der Waals surface area contributed by atoms with Gasteiger partial charge in [-0.2, -0.15) is 5.06 Å². The predicted molar refractivity (Wildman–Crippen MR) is 77.3 cm³/mol. The van der Waals surface area contributed by atoms with Gasteiger partial charge in [-0.05, 0) is 26.3 Å². The van der Waals surface area contributed by atoms with Gasteiger partial charge in [0, 0.05) is 6.54 Å². The number of nitrogens with zero attached hydrogens (tertiary/aromatic N) is 1. The van der Waals surface area contributed by atoms with Crippen molar-refractivity contribution in [3.05, 3.63) is 48.6 Å². The van der Waals surface area contributed by atoms with Crippen LogP contribution in [0.1, 0.15) is 26.3 Å². The summed E-state index contributed by atoms with van der Waals surface area (Å²) in [6.45, 7) is 9.90. The molecule has 0 radical (unpaired) electrons. The van der Waals surface area contributed by atoms with Crippen molar-refractivity contribution in [2.24, 2.45) is 0 Å². The van der Waals surface area contributed by atoms with E-state index in [2.05, 4.69) is 6.58 Å². The average molecular weight is 277 g/mol. The van der Waals surface area contributed by atoms with Crippen LogP contribution in [0.3, 0.4) is 0 Å². The molecule has 4 nitrogen and oxygen atoms in total. The van der Waals surface area contributed by atoms with Crippen LogP contribution in [-0.4, -0.2) is 34.3 Å². The summed E-state index contributed by atoms with van der Waals surface area (Å²) in [6.07, 6.45) is 1.27. The molecule has 1 aromatic carbocycles. The number of hydrogen-bond donors (Lipinski definition) is 1. The summed E-state index contributed by atoms with van der Waals surface area (Å²) < 4.78 is 11.6.